The van der Waals surface area contributed by atoms with Gasteiger partial charge in [0.15, 0.2) is 0 Å². The first kappa shape index (κ1) is 31.4. The molecule has 1 aliphatic heterocycles. The number of pyridine rings is 1. The number of nitrogens with zero attached hydrogens (tertiary/aromatic N) is 2. The number of carbonyl (C=O) groups excluding carboxylic acids is 3. The maximum absolute atomic E-state index is 14.2. The Morgan fingerprint density at radius 2 is 1.86 bits per heavy atom. The molecule has 1 aliphatic rings. The van der Waals surface area contributed by atoms with Crippen LogP contribution in [0, 0.1) is 11.6 Å². The zero-order valence-electron chi connectivity index (χ0n) is 24.2. The number of ether oxygens (including phenoxy) is 1. The van der Waals surface area contributed by atoms with E-state index < -0.39 is 29.1 Å². The number of amides is 4. The summed E-state index contributed by atoms with van der Waals surface area (Å²) in [5, 5.41) is 7.84. The number of aromatic nitrogens is 1. The molecule has 10 nitrogen and oxygen atoms in total. The molecule has 1 saturated heterocycles. The molecule has 1 fully saturated rings. The largest absolute Gasteiger partial charge is 0.439 e. The van der Waals surface area contributed by atoms with Crippen LogP contribution in [0.1, 0.15) is 65.3 Å². The number of anilines is 1. The lowest BCUT2D eigenvalue weighted by Gasteiger charge is -2.40. The van der Waals surface area contributed by atoms with Gasteiger partial charge in [-0.25, -0.2) is 18.6 Å². The second-order valence-electron chi connectivity index (χ2n) is 10.5. The molecule has 0 spiro atoms. The zero-order chi connectivity index (χ0) is 30.9. The standard InChI is InChI=1S/C31H36F2N6O4/c1-3-4-5-22-14-21(37-31(42)38-27-15-24(29(34)40)25(32)16-26(27)33)12-13-39(22)18-19-6-11-28(36-17-19)43-23-9-7-20(8-10-23)30(41)35-2/h6-11,15-17,21-22H,3-5,12-14,18H2,1-2H3,(H2,34,40)(H,35,41)(H2,37,38,42). The van der Waals surface area contributed by atoms with Gasteiger partial charge in [-0.1, -0.05) is 25.8 Å². The predicted molar refractivity (Wildman–Crippen MR) is 158 cm³/mol. The van der Waals surface area contributed by atoms with Gasteiger partial charge in [-0.15, -0.1) is 0 Å². The summed E-state index contributed by atoms with van der Waals surface area (Å²) in [6.07, 6.45) is 6.17. The second kappa shape index (κ2) is 14.5. The van der Waals surface area contributed by atoms with Crippen LogP contribution in [-0.4, -0.2) is 53.4 Å². The predicted octanol–water partition coefficient (Wildman–Crippen LogP) is 4.96. The van der Waals surface area contributed by atoms with E-state index in [4.69, 9.17) is 10.5 Å². The first-order chi connectivity index (χ1) is 20.7. The fourth-order valence-corrected chi connectivity index (χ4v) is 5.10. The highest BCUT2D eigenvalue weighted by Gasteiger charge is 2.29. The Morgan fingerprint density at radius 3 is 2.51 bits per heavy atom. The number of hydrogen-bond donors (Lipinski definition) is 4. The van der Waals surface area contributed by atoms with E-state index in [0.29, 0.717) is 42.6 Å². The lowest BCUT2D eigenvalue weighted by molar-refractivity contribution is 0.0961. The van der Waals surface area contributed by atoms with Crippen molar-refractivity contribution in [2.24, 2.45) is 5.73 Å². The van der Waals surface area contributed by atoms with Crippen molar-refractivity contribution in [2.45, 2.75) is 57.7 Å². The maximum Gasteiger partial charge on any atom is 0.319 e. The van der Waals surface area contributed by atoms with Crippen LogP contribution in [0.5, 0.6) is 11.6 Å². The van der Waals surface area contributed by atoms with E-state index in [1.165, 1.54) is 0 Å². The molecule has 0 aliphatic carbocycles. The first-order valence-corrected chi connectivity index (χ1v) is 14.2. The Morgan fingerprint density at radius 1 is 1.09 bits per heavy atom. The van der Waals surface area contributed by atoms with Gasteiger partial charge in [-0.3, -0.25) is 14.5 Å². The van der Waals surface area contributed by atoms with E-state index in [0.717, 1.165) is 37.4 Å². The molecule has 5 N–H and O–H groups in total. The molecule has 12 heteroatoms. The Kier molecular flexibility index (Phi) is 10.6. The van der Waals surface area contributed by atoms with E-state index >= 15 is 0 Å². The van der Waals surface area contributed by atoms with Crippen molar-refractivity contribution in [1.29, 1.82) is 0 Å². The first-order valence-electron chi connectivity index (χ1n) is 14.2. The molecule has 2 heterocycles. The molecule has 2 aromatic carbocycles. The van der Waals surface area contributed by atoms with E-state index in [2.05, 4.69) is 32.8 Å². The lowest BCUT2D eigenvalue weighted by Crippen LogP contribution is -2.50. The van der Waals surface area contributed by atoms with Crippen LogP contribution in [0.2, 0.25) is 0 Å². The number of halogens is 2. The average molecular weight is 595 g/mol. The Bertz CT molecular complexity index is 1440. The molecule has 228 valence electrons. The molecule has 0 saturated carbocycles. The van der Waals surface area contributed by atoms with Crippen LogP contribution in [-0.2, 0) is 6.54 Å². The zero-order valence-corrected chi connectivity index (χ0v) is 24.2. The van der Waals surface area contributed by atoms with Gasteiger partial charge >= 0.3 is 6.03 Å². The van der Waals surface area contributed by atoms with E-state index in [1.807, 2.05) is 6.07 Å². The summed E-state index contributed by atoms with van der Waals surface area (Å²) in [7, 11) is 1.58. The fourth-order valence-electron chi connectivity index (χ4n) is 5.10. The number of benzene rings is 2. The van der Waals surface area contributed by atoms with Crippen molar-refractivity contribution in [3.8, 4) is 11.6 Å². The minimum atomic E-state index is -1.09. The third-order valence-electron chi connectivity index (χ3n) is 7.38. The monoisotopic (exact) mass is 594 g/mol. The molecular formula is C31H36F2N6O4. The van der Waals surface area contributed by atoms with Gasteiger partial charge in [0, 0.05) is 56.1 Å². The number of urea groups is 1. The Labute approximate surface area is 249 Å². The molecule has 3 aromatic rings. The molecule has 0 bridgehead atoms. The molecule has 0 radical (unpaired) electrons. The molecule has 4 amide bonds. The molecule has 4 rings (SSSR count). The van der Waals surface area contributed by atoms with Gasteiger partial charge in [0.05, 0.1) is 11.3 Å². The summed E-state index contributed by atoms with van der Waals surface area (Å²) >= 11 is 0. The van der Waals surface area contributed by atoms with Crippen molar-refractivity contribution in [3.63, 3.8) is 0 Å². The van der Waals surface area contributed by atoms with E-state index in [9.17, 15) is 23.2 Å². The summed E-state index contributed by atoms with van der Waals surface area (Å²) in [4.78, 5) is 42.6. The van der Waals surface area contributed by atoms with Crippen molar-refractivity contribution in [3.05, 3.63) is 83.1 Å². The quantitative estimate of drug-likeness (QED) is 0.248. The van der Waals surface area contributed by atoms with Gasteiger partial charge in [-0.2, -0.15) is 0 Å². The number of likely N-dealkylation sites (tertiary alicyclic amines) is 1. The van der Waals surface area contributed by atoms with Gasteiger partial charge < -0.3 is 26.4 Å². The van der Waals surface area contributed by atoms with E-state index in [1.54, 1.807) is 43.6 Å². The van der Waals surface area contributed by atoms with Gasteiger partial charge in [-0.05, 0) is 55.2 Å². The highest BCUT2D eigenvalue weighted by Crippen LogP contribution is 2.26. The Hall–Kier alpha value is -4.58. The molecule has 2 unspecified atom stereocenters. The Balaban J connectivity index is 1.33. The molecule has 43 heavy (non-hydrogen) atoms. The smallest absolute Gasteiger partial charge is 0.319 e. The summed E-state index contributed by atoms with van der Waals surface area (Å²) in [6.45, 7) is 3.53. The molecule has 2 atom stereocenters. The van der Waals surface area contributed by atoms with E-state index in [-0.39, 0.29) is 23.7 Å². The number of nitrogens with two attached hydrogens (primary N) is 1. The van der Waals surface area contributed by atoms with Crippen LogP contribution in [0.3, 0.4) is 0 Å². The average Bonchev–Trinajstić information content (AvgIpc) is 2.99. The third-order valence-corrected chi connectivity index (χ3v) is 7.38. The topological polar surface area (TPSA) is 139 Å². The summed E-state index contributed by atoms with van der Waals surface area (Å²) < 4.78 is 33.8. The minimum absolute atomic E-state index is 0.152. The maximum atomic E-state index is 14.2. The summed E-state index contributed by atoms with van der Waals surface area (Å²) in [5.41, 5.74) is 5.86. The van der Waals surface area contributed by atoms with Crippen LogP contribution in [0.4, 0.5) is 19.3 Å². The highest BCUT2D eigenvalue weighted by atomic mass is 19.1. The number of hydrogen-bond acceptors (Lipinski definition) is 6. The fraction of sp³-hybridized carbons (Fsp3) is 0.355. The number of piperidine rings is 1. The van der Waals surface area contributed by atoms with Crippen molar-refractivity contribution in [1.82, 2.24) is 20.5 Å². The van der Waals surface area contributed by atoms with Gasteiger partial charge in [0.1, 0.15) is 17.4 Å². The number of primary amides is 1. The van der Waals surface area contributed by atoms with Gasteiger partial charge in [0.25, 0.3) is 11.8 Å². The normalized spacial score (nSPS) is 16.7. The highest BCUT2D eigenvalue weighted by molar-refractivity contribution is 5.96. The number of rotatable bonds is 11. The lowest BCUT2D eigenvalue weighted by atomic mass is 9.93. The van der Waals surface area contributed by atoms with Crippen LogP contribution < -0.4 is 26.4 Å². The molecular weight excluding hydrogens is 558 g/mol. The van der Waals surface area contributed by atoms with Crippen LogP contribution in [0.25, 0.3) is 0 Å². The number of nitrogens with one attached hydrogen (secondary N) is 3. The third kappa shape index (κ3) is 8.48. The minimum Gasteiger partial charge on any atom is -0.439 e. The SMILES string of the molecule is CCCCC1CC(NC(=O)Nc2cc(C(N)=O)c(F)cc2F)CCN1Cc1ccc(Oc2ccc(C(=O)NC)cc2)nc1. The van der Waals surface area contributed by atoms with Crippen LogP contribution in [0.15, 0.2) is 54.7 Å². The van der Waals surface area contributed by atoms with Crippen molar-refractivity contribution >= 4 is 23.5 Å². The van der Waals surface area contributed by atoms with Crippen molar-refractivity contribution in [2.75, 3.05) is 18.9 Å². The number of carbonyl (C=O) groups is 3. The van der Waals surface area contributed by atoms with Gasteiger partial charge in [0.2, 0.25) is 5.88 Å². The van der Waals surface area contributed by atoms with Crippen molar-refractivity contribution < 1.29 is 27.9 Å². The number of unbranched alkanes of at least 4 members (excludes halogenated alkanes) is 1. The second-order valence-corrected chi connectivity index (χ2v) is 10.5. The summed E-state index contributed by atoms with van der Waals surface area (Å²) in [6, 6.07) is 11.4. The summed E-state index contributed by atoms with van der Waals surface area (Å²) in [5.74, 6) is -2.31. The molecule has 1 aromatic heterocycles. The van der Waals surface area contributed by atoms with Crippen LogP contribution >= 0.6 is 0 Å².